The van der Waals surface area contributed by atoms with E-state index in [1.54, 1.807) is 17.7 Å². The molecule has 2 heterocycles. The molecule has 2 aromatic heterocycles. The molecule has 0 unspecified atom stereocenters. The highest BCUT2D eigenvalue weighted by Gasteiger charge is 2.10. The molecule has 3 aromatic rings. The molecule has 0 amide bonds. The van der Waals surface area contributed by atoms with E-state index in [9.17, 15) is 0 Å². The van der Waals surface area contributed by atoms with E-state index in [1.807, 2.05) is 24.3 Å². The van der Waals surface area contributed by atoms with E-state index in [0.717, 1.165) is 26.6 Å². The second-order valence-corrected chi connectivity index (χ2v) is 6.34. The Labute approximate surface area is 126 Å². The second kappa shape index (κ2) is 5.38. The summed E-state index contributed by atoms with van der Waals surface area (Å²) in [5.41, 5.74) is 2.12. The smallest absolute Gasteiger partial charge is 0.147 e. The molecule has 5 heteroatoms. The van der Waals surface area contributed by atoms with Crippen LogP contribution in [0.5, 0.6) is 0 Å². The van der Waals surface area contributed by atoms with Crippen LogP contribution in [0.1, 0.15) is 13.8 Å². The molecule has 3 rings (SSSR count). The molecular weight excluding hydrogens is 290 g/mol. The summed E-state index contributed by atoms with van der Waals surface area (Å²) in [7, 11) is 0. The van der Waals surface area contributed by atoms with Crippen LogP contribution in [0, 0.1) is 0 Å². The molecule has 0 aliphatic heterocycles. The molecule has 0 aliphatic rings. The van der Waals surface area contributed by atoms with Gasteiger partial charge in [-0.15, -0.1) is 11.3 Å². The normalized spacial score (nSPS) is 11.2. The van der Waals surface area contributed by atoms with Crippen molar-refractivity contribution in [3.8, 4) is 10.4 Å². The minimum atomic E-state index is 0.342. The number of aromatic nitrogens is 2. The fourth-order valence-corrected chi connectivity index (χ4v) is 3.18. The average Bonchev–Trinajstić information content (AvgIpc) is 2.84. The molecule has 20 heavy (non-hydrogen) atoms. The van der Waals surface area contributed by atoms with Gasteiger partial charge >= 0.3 is 0 Å². The third-order valence-electron chi connectivity index (χ3n) is 2.87. The van der Waals surface area contributed by atoms with Crippen molar-refractivity contribution in [2.24, 2.45) is 0 Å². The van der Waals surface area contributed by atoms with Gasteiger partial charge in [-0.25, -0.2) is 9.97 Å². The summed E-state index contributed by atoms with van der Waals surface area (Å²) in [6, 6.07) is 10.3. The Morgan fingerprint density at radius 3 is 2.60 bits per heavy atom. The Hall–Kier alpha value is -1.65. The lowest BCUT2D eigenvalue weighted by Crippen LogP contribution is -2.10. The first kappa shape index (κ1) is 13.3. The fraction of sp³-hybridized carbons (Fsp3) is 0.200. The number of rotatable bonds is 3. The van der Waals surface area contributed by atoms with Gasteiger partial charge in [0.15, 0.2) is 0 Å². The number of hydrogen-bond donors (Lipinski definition) is 1. The van der Waals surface area contributed by atoms with E-state index in [4.69, 9.17) is 11.6 Å². The van der Waals surface area contributed by atoms with E-state index in [2.05, 4.69) is 35.2 Å². The zero-order chi connectivity index (χ0) is 14.1. The number of nitrogens with one attached hydrogen (secondary N) is 1. The molecule has 0 atom stereocenters. The van der Waals surface area contributed by atoms with Gasteiger partial charge in [-0.2, -0.15) is 0 Å². The number of halogens is 1. The molecule has 0 saturated carbocycles. The lowest BCUT2D eigenvalue weighted by atomic mass is 10.2. The summed E-state index contributed by atoms with van der Waals surface area (Å²) >= 11 is 7.63. The van der Waals surface area contributed by atoms with E-state index in [-0.39, 0.29) is 0 Å². The van der Waals surface area contributed by atoms with Gasteiger partial charge in [-0.1, -0.05) is 23.7 Å². The molecule has 0 bridgehead atoms. The number of hydrogen-bond acceptors (Lipinski definition) is 4. The van der Waals surface area contributed by atoms with Crippen LogP contribution in [0.15, 0.2) is 36.7 Å². The fourth-order valence-electron chi connectivity index (χ4n) is 1.99. The molecule has 0 spiro atoms. The zero-order valence-corrected chi connectivity index (χ0v) is 12.8. The molecule has 0 fully saturated rings. The summed E-state index contributed by atoms with van der Waals surface area (Å²) in [6.07, 6.45) is 1.60. The van der Waals surface area contributed by atoms with Gasteiger partial charge in [0.1, 0.15) is 12.1 Å². The highest BCUT2D eigenvalue weighted by Crippen LogP contribution is 2.36. The van der Waals surface area contributed by atoms with Crippen molar-refractivity contribution < 1.29 is 0 Å². The van der Waals surface area contributed by atoms with E-state index in [0.29, 0.717) is 6.04 Å². The van der Waals surface area contributed by atoms with Gasteiger partial charge in [-0.05, 0) is 37.6 Å². The summed E-state index contributed by atoms with van der Waals surface area (Å²) in [6.45, 7) is 4.20. The first-order valence-corrected chi connectivity index (χ1v) is 7.60. The third kappa shape index (κ3) is 2.62. The molecule has 0 aliphatic carbocycles. The monoisotopic (exact) mass is 303 g/mol. The van der Waals surface area contributed by atoms with Gasteiger partial charge in [-0.3, -0.25) is 0 Å². The molecule has 1 aromatic carbocycles. The first-order valence-electron chi connectivity index (χ1n) is 6.40. The van der Waals surface area contributed by atoms with Crippen LogP contribution in [-0.4, -0.2) is 16.0 Å². The maximum Gasteiger partial charge on any atom is 0.147 e. The minimum absolute atomic E-state index is 0.342. The summed E-state index contributed by atoms with van der Waals surface area (Å²) in [5.74, 6) is 0.898. The second-order valence-electron chi connectivity index (χ2n) is 4.85. The van der Waals surface area contributed by atoms with Crippen LogP contribution >= 0.6 is 22.9 Å². The molecule has 0 saturated heterocycles. The SMILES string of the molecule is CC(C)Nc1ncnc2cc(-c3ccc(Cl)cc3)sc12. The zero-order valence-electron chi connectivity index (χ0n) is 11.2. The highest BCUT2D eigenvalue weighted by molar-refractivity contribution is 7.22. The molecular formula is C15H14ClN3S. The standard InChI is InChI=1S/C15H14ClN3S/c1-9(2)19-15-14-12(17-8-18-15)7-13(20-14)10-3-5-11(16)6-4-10/h3-9H,1-2H3,(H,17,18,19). The van der Waals surface area contributed by atoms with Crippen molar-refractivity contribution in [2.75, 3.05) is 5.32 Å². The van der Waals surface area contributed by atoms with E-state index >= 15 is 0 Å². The minimum Gasteiger partial charge on any atom is -0.367 e. The molecule has 102 valence electrons. The summed E-state index contributed by atoms with van der Waals surface area (Å²) in [5, 5.41) is 4.11. The summed E-state index contributed by atoms with van der Waals surface area (Å²) < 4.78 is 1.09. The predicted molar refractivity (Wildman–Crippen MR) is 86.6 cm³/mol. The molecule has 1 N–H and O–H groups in total. The predicted octanol–water partition coefficient (Wildman–Crippen LogP) is 4.83. The lowest BCUT2D eigenvalue weighted by Gasteiger charge is -2.08. The number of anilines is 1. The van der Waals surface area contributed by atoms with E-state index in [1.165, 1.54) is 4.88 Å². The van der Waals surface area contributed by atoms with Crippen LogP contribution in [0.3, 0.4) is 0 Å². The average molecular weight is 304 g/mol. The van der Waals surface area contributed by atoms with Gasteiger partial charge in [0.25, 0.3) is 0 Å². The van der Waals surface area contributed by atoms with Crippen molar-refractivity contribution >= 4 is 39.0 Å². The number of thiophene rings is 1. The largest absolute Gasteiger partial charge is 0.367 e. The van der Waals surface area contributed by atoms with Crippen molar-refractivity contribution in [3.05, 3.63) is 41.7 Å². The summed E-state index contributed by atoms with van der Waals surface area (Å²) in [4.78, 5) is 9.85. The third-order valence-corrected chi connectivity index (χ3v) is 4.30. The van der Waals surface area contributed by atoms with Crippen LogP contribution in [-0.2, 0) is 0 Å². The van der Waals surface area contributed by atoms with Crippen LogP contribution < -0.4 is 5.32 Å². The number of benzene rings is 1. The van der Waals surface area contributed by atoms with Gasteiger partial charge in [0, 0.05) is 15.9 Å². The number of nitrogens with zero attached hydrogens (tertiary/aromatic N) is 2. The highest BCUT2D eigenvalue weighted by atomic mass is 35.5. The van der Waals surface area contributed by atoms with Crippen LogP contribution in [0.2, 0.25) is 5.02 Å². The Kier molecular flexibility index (Phi) is 3.59. The van der Waals surface area contributed by atoms with Crippen molar-refractivity contribution in [3.63, 3.8) is 0 Å². The quantitative estimate of drug-likeness (QED) is 0.753. The maximum atomic E-state index is 5.93. The Bertz CT molecular complexity index is 734. The first-order chi connectivity index (χ1) is 9.63. The Morgan fingerprint density at radius 2 is 1.90 bits per heavy atom. The van der Waals surface area contributed by atoms with E-state index < -0.39 is 0 Å². The Morgan fingerprint density at radius 1 is 1.15 bits per heavy atom. The molecule has 3 nitrogen and oxygen atoms in total. The van der Waals surface area contributed by atoms with Gasteiger partial charge < -0.3 is 5.32 Å². The lowest BCUT2D eigenvalue weighted by molar-refractivity contribution is 0.891. The topological polar surface area (TPSA) is 37.8 Å². The van der Waals surface area contributed by atoms with Gasteiger partial charge in [0.2, 0.25) is 0 Å². The number of fused-ring (bicyclic) bond motifs is 1. The van der Waals surface area contributed by atoms with Crippen molar-refractivity contribution in [2.45, 2.75) is 19.9 Å². The molecule has 0 radical (unpaired) electrons. The van der Waals surface area contributed by atoms with Crippen LogP contribution in [0.25, 0.3) is 20.7 Å². The van der Waals surface area contributed by atoms with Crippen molar-refractivity contribution in [1.29, 1.82) is 0 Å². The van der Waals surface area contributed by atoms with Crippen LogP contribution in [0.4, 0.5) is 5.82 Å². The maximum absolute atomic E-state index is 5.93. The van der Waals surface area contributed by atoms with Crippen molar-refractivity contribution in [1.82, 2.24) is 9.97 Å². The Balaban J connectivity index is 2.08. The van der Waals surface area contributed by atoms with Gasteiger partial charge in [0.05, 0.1) is 10.2 Å².